The number of alkyl halides is 3. The Balaban J connectivity index is 2.36. The molecule has 0 amide bonds. The van der Waals surface area contributed by atoms with Crippen molar-refractivity contribution in [3.63, 3.8) is 0 Å². The van der Waals surface area contributed by atoms with Crippen LogP contribution in [-0.2, 0) is 0 Å². The summed E-state index contributed by atoms with van der Waals surface area (Å²) in [5, 5.41) is 1.84. The van der Waals surface area contributed by atoms with Crippen molar-refractivity contribution < 1.29 is 22.6 Å². The van der Waals surface area contributed by atoms with Crippen LogP contribution in [0.4, 0.5) is 13.2 Å². The summed E-state index contributed by atoms with van der Waals surface area (Å²) in [4.78, 5) is 0.826. The van der Waals surface area contributed by atoms with E-state index in [1.807, 2.05) is 17.5 Å². The molecule has 0 saturated heterocycles. The van der Waals surface area contributed by atoms with Gasteiger partial charge >= 0.3 is 6.36 Å². The maximum Gasteiger partial charge on any atom is 0.573 e. The highest BCUT2D eigenvalue weighted by Gasteiger charge is 2.31. The molecular formula is C13H12F3NO2S. The normalized spacial score (nSPS) is 13.1. The molecule has 0 aliphatic carbocycles. The number of rotatable bonds is 4. The first-order valence-electron chi connectivity index (χ1n) is 5.63. The van der Waals surface area contributed by atoms with E-state index in [4.69, 9.17) is 10.5 Å². The van der Waals surface area contributed by atoms with Crippen LogP contribution in [0.2, 0.25) is 0 Å². The SMILES string of the molecule is COc1ccc(OC(F)(F)F)cc1[C@@H](N)c1cccs1. The van der Waals surface area contributed by atoms with Gasteiger partial charge in [0.15, 0.2) is 0 Å². The number of methoxy groups -OCH3 is 1. The summed E-state index contributed by atoms with van der Waals surface area (Å²) >= 11 is 1.42. The second-order valence-electron chi connectivity index (χ2n) is 3.94. The molecule has 0 saturated carbocycles. The van der Waals surface area contributed by atoms with Crippen LogP contribution in [-0.4, -0.2) is 13.5 Å². The zero-order valence-electron chi connectivity index (χ0n) is 10.5. The van der Waals surface area contributed by atoms with Crippen molar-refractivity contribution in [2.45, 2.75) is 12.4 Å². The van der Waals surface area contributed by atoms with Gasteiger partial charge in [-0.2, -0.15) is 0 Å². The van der Waals surface area contributed by atoms with Gasteiger partial charge in [0.25, 0.3) is 0 Å². The lowest BCUT2D eigenvalue weighted by Gasteiger charge is -2.17. The van der Waals surface area contributed by atoms with Crippen molar-refractivity contribution in [2.75, 3.05) is 7.11 Å². The molecule has 0 fully saturated rings. The van der Waals surface area contributed by atoms with Crippen LogP contribution < -0.4 is 15.2 Å². The molecule has 2 N–H and O–H groups in total. The Kier molecular flexibility index (Phi) is 4.20. The first kappa shape index (κ1) is 14.7. The van der Waals surface area contributed by atoms with Crippen molar-refractivity contribution in [1.82, 2.24) is 0 Å². The summed E-state index contributed by atoms with van der Waals surface area (Å²) in [7, 11) is 1.43. The predicted molar refractivity (Wildman–Crippen MR) is 70.0 cm³/mol. The lowest BCUT2D eigenvalue weighted by atomic mass is 10.0. The number of ether oxygens (including phenoxy) is 2. The van der Waals surface area contributed by atoms with E-state index >= 15 is 0 Å². The third kappa shape index (κ3) is 3.43. The lowest BCUT2D eigenvalue weighted by Crippen LogP contribution is -2.18. The topological polar surface area (TPSA) is 44.5 Å². The van der Waals surface area contributed by atoms with Gasteiger partial charge < -0.3 is 15.2 Å². The van der Waals surface area contributed by atoms with Crippen LogP contribution in [0.1, 0.15) is 16.5 Å². The van der Waals surface area contributed by atoms with Crippen LogP contribution in [0.15, 0.2) is 35.7 Å². The first-order valence-corrected chi connectivity index (χ1v) is 6.51. The second-order valence-corrected chi connectivity index (χ2v) is 4.92. The number of benzene rings is 1. The monoisotopic (exact) mass is 303 g/mol. The Hall–Kier alpha value is -1.73. The molecule has 2 rings (SSSR count). The van der Waals surface area contributed by atoms with E-state index in [2.05, 4.69) is 4.74 Å². The third-order valence-electron chi connectivity index (χ3n) is 2.62. The van der Waals surface area contributed by atoms with Gasteiger partial charge in [0.2, 0.25) is 0 Å². The average molecular weight is 303 g/mol. The fraction of sp³-hybridized carbons (Fsp3) is 0.231. The molecule has 0 bridgehead atoms. The van der Waals surface area contributed by atoms with Gasteiger partial charge in [-0.05, 0) is 29.6 Å². The van der Waals surface area contributed by atoms with Gasteiger partial charge in [-0.1, -0.05) is 6.07 Å². The predicted octanol–water partition coefficient (Wildman–Crippen LogP) is 3.70. The van der Waals surface area contributed by atoms with Crippen LogP contribution in [0.3, 0.4) is 0 Å². The summed E-state index contributed by atoms with van der Waals surface area (Å²) in [5.74, 6) is 0.0979. The third-order valence-corrected chi connectivity index (χ3v) is 3.57. The minimum Gasteiger partial charge on any atom is -0.496 e. The fourth-order valence-electron chi connectivity index (χ4n) is 1.77. The highest BCUT2D eigenvalue weighted by Crippen LogP contribution is 2.34. The molecule has 20 heavy (non-hydrogen) atoms. The summed E-state index contributed by atoms with van der Waals surface area (Å²) < 4.78 is 45.8. The summed E-state index contributed by atoms with van der Waals surface area (Å²) in [6.07, 6.45) is -4.74. The van der Waals surface area contributed by atoms with Crippen molar-refractivity contribution in [2.24, 2.45) is 5.73 Å². The number of thiophene rings is 1. The molecule has 1 atom stereocenters. The molecule has 0 aliphatic heterocycles. The molecule has 3 nitrogen and oxygen atoms in total. The molecule has 1 aromatic heterocycles. The van der Waals surface area contributed by atoms with Crippen LogP contribution in [0.5, 0.6) is 11.5 Å². The fourth-order valence-corrected chi connectivity index (χ4v) is 2.52. The highest BCUT2D eigenvalue weighted by atomic mass is 32.1. The van der Waals surface area contributed by atoms with E-state index < -0.39 is 12.4 Å². The molecule has 7 heteroatoms. The minimum atomic E-state index is -4.74. The van der Waals surface area contributed by atoms with Gasteiger partial charge in [-0.25, -0.2) is 0 Å². The smallest absolute Gasteiger partial charge is 0.496 e. The highest BCUT2D eigenvalue weighted by molar-refractivity contribution is 7.10. The van der Waals surface area contributed by atoms with Crippen molar-refractivity contribution >= 4 is 11.3 Å². The van der Waals surface area contributed by atoms with E-state index in [0.717, 1.165) is 4.88 Å². The molecule has 2 aromatic rings. The largest absolute Gasteiger partial charge is 0.573 e. The van der Waals surface area contributed by atoms with E-state index in [1.54, 1.807) is 0 Å². The maximum atomic E-state index is 12.2. The number of halogens is 3. The minimum absolute atomic E-state index is 0.319. The standard InChI is InChI=1S/C13H12F3NO2S/c1-18-10-5-4-8(19-13(14,15)16)7-9(10)12(17)11-3-2-6-20-11/h2-7,12H,17H2,1H3/t12-/m1/s1. The molecule has 0 unspecified atom stereocenters. The lowest BCUT2D eigenvalue weighted by molar-refractivity contribution is -0.274. The van der Waals surface area contributed by atoms with E-state index in [9.17, 15) is 13.2 Å². The molecule has 0 spiro atoms. The number of hydrogen-bond acceptors (Lipinski definition) is 4. The quantitative estimate of drug-likeness (QED) is 0.936. The van der Waals surface area contributed by atoms with Gasteiger partial charge in [-0.3, -0.25) is 0 Å². The van der Waals surface area contributed by atoms with Gasteiger partial charge in [-0.15, -0.1) is 24.5 Å². The van der Waals surface area contributed by atoms with Crippen molar-refractivity contribution in [3.8, 4) is 11.5 Å². The Morgan fingerprint density at radius 2 is 2.00 bits per heavy atom. The zero-order chi connectivity index (χ0) is 14.8. The summed E-state index contributed by atoms with van der Waals surface area (Å²) in [6, 6.07) is 6.91. The maximum absolute atomic E-state index is 12.2. The summed E-state index contributed by atoms with van der Waals surface area (Å²) in [6.45, 7) is 0. The van der Waals surface area contributed by atoms with Crippen LogP contribution in [0, 0.1) is 0 Å². The van der Waals surface area contributed by atoms with E-state index in [1.165, 1.54) is 36.6 Å². The molecule has 0 radical (unpaired) electrons. The Bertz CT molecular complexity index is 569. The molecule has 1 heterocycles. The Labute approximate surface area is 117 Å². The molecule has 1 aromatic carbocycles. The van der Waals surface area contributed by atoms with Gasteiger partial charge in [0, 0.05) is 10.4 Å². The molecular weight excluding hydrogens is 291 g/mol. The molecule has 108 valence electrons. The second kappa shape index (κ2) is 5.72. The molecule has 0 aliphatic rings. The Morgan fingerprint density at radius 1 is 1.25 bits per heavy atom. The van der Waals surface area contributed by atoms with E-state index in [-0.39, 0.29) is 5.75 Å². The summed E-state index contributed by atoms with van der Waals surface area (Å²) in [5.41, 5.74) is 6.50. The average Bonchev–Trinajstić information content (AvgIpc) is 2.89. The Morgan fingerprint density at radius 3 is 2.55 bits per heavy atom. The van der Waals surface area contributed by atoms with Crippen LogP contribution in [0.25, 0.3) is 0 Å². The van der Waals surface area contributed by atoms with Crippen LogP contribution >= 0.6 is 11.3 Å². The zero-order valence-corrected chi connectivity index (χ0v) is 11.3. The van der Waals surface area contributed by atoms with Gasteiger partial charge in [0.1, 0.15) is 11.5 Å². The van der Waals surface area contributed by atoms with Gasteiger partial charge in [0.05, 0.1) is 13.2 Å². The van der Waals surface area contributed by atoms with E-state index in [0.29, 0.717) is 11.3 Å². The number of nitrogens with two attached hydrogens (primary N) is 1. The van der Waals surface area contributed by atoms with Crippen molar-refractivity contribution in [1.29, 1.82) is 0 Å². The van der Waals surface area contributed by atoms with Crippen molar-refractivity contribution in [3.05, 3.63) is 46.2 Å². The number of hydrogen-bond donors (Lipinski definition) is 1. The first-order chi connectivity index (χ1) is 9.40.